The van der Waals surface area contributed by atoms with Crippen LogP contribution in [0.15, 0.2) is 4.99 Å². The summed E-state index contributed by atoms with van der Waals surface area (Å²) in [6.07, 6.45) is -9.99. The largest absolute Gasteiger partial charge is 0.490 e. The monoisotopic (exact) mass is 745 g/mol. The Morgan fingerprint density at radius 3 is 1.37 bits per heavy atom. The molecule has 11 N–H and O–H groups in total. The summed E-state index contributed by atoms with van der Waals surface area (Å²) in [5, 5.41) is 29.5. The van der Waals surface area contributed by atoms with Gasteiger partial charge in [-0.2, -0.15) is 39.5 Å². The Morgan fingerprint density at radius 1 is 0.673 bits per heavy atom. The SMILES string of the molecule is CC(N)CCNCCCCNC(=O)C(F)C(=O)NCCCCCCN=CNN.O=C(O)C(F)(F)F.O=C(O)C(F)(F)F.O=C(O)C(F)(F)F. The van der Waals surface area contributed by atoms with Crippen molar-refractivity contribution >= 4 is 36.1 Å². The first kappa shape index (κ1) is 51.8. The number of carbonyl (C=O) groups excluding carboxylic acids is 2. The van der Waals surface area contributed by atoms with Gasteiger partial charge in [0.05, 0.1) is 6.34 Å². The van der Waals surface area contributed by atoms with Crippen LogP contribution in [-0.4, -0.2) is 115 Å². The Morgan fingerprint density at radius 2 is 1.02 bits per heavy atom. The first-order chi connectivity index (χ1) is 22.3. The molecule has 2 unspecified atom stereocenters. The van der Waals surface area contributed by atoms with Crippen LogP contribution in [0.3, 0.4) is 0 Å². The number of carboxylic acids is 3. The third kappa shape index (κ3) is 40.1. The Hall–Kier alpha value is -4.00. The van der Waals surface area contributed by atoms with E-state index in [1.54, 1.807) is 0 Å². The number of alkyl halides is 10. The first-order valence-corrected chi connectivity index (χ1v) is 13.8. The zero-order valence-corrected chi connectivity index (χ0v) is 26.0. The summed E-state index contributed by atoms with van der Waals surface area (Å²) in [4.78, 5) is 54.0. The zero-order chi connectivity index (χ0) is 39.3. The van der Waals surface area contributed by atoms with E-state index in [0.717, 1.165) is 58.0 Å². The van der Waals surface area contributed by atoms with Gasteiger partial charge in [-0.05, 0) is 52.1 Å². The Bertz CT molecular complexity index is 911. The number of hydrazine groups is 1. The first-order valence-electron chi connectivity index (χ1n) is 13.8. The Labute approximate surface area is 273 Å². The molecule has 0 aliphatic rings. The van der Waals surface area contributed by atoms with Crippen LogP contribution in [-0.2, 0) is 24.0 Å². The van der Waals surface area contributed by atoms with Crippen LogP contribution in [0.5, 0.6) is 0 Å². The molecule has 0 spiro atoms. The average molecular weight is 746 g/mol. The molecule has 0 aliphatic heterocycles. The van der Waals surface area contributed by atoms with Crippen LogP contribution >= 0.6 is 0 Å². The lowest BCUT2D eigenvalue weighted by atomic mass is 10.2. The number of nitrogens with one attached hydrogen (secondary N) is 4. The van der Waals surface area contributed by atoms with E-state index < -0.39 is 54.4 Å². The van der Waals surface area contributed by atoms with Crippen molar-refractivity contribution in [2.45, 2.75) is 82.6 Å². The summed E-state index contributed by atoms with van der Waals surface area (Å²) in [7, 11) is 0. The quantitative estimate of drug-likeness (QED) is 0.0185. The molecular weight excluding hydrogens is 704 g/mol. The summed E-state index contributed by atoms with van der Waals surface area (Å²) in [6, 6.07) is 0.179. The predicted molar refractivity (Wildman–Crippen MR) is 152 cm³/mol. The van der Waals surface area contributed by atoms with Crippen LogP contribution in [0.2, 0.25) is 0 Å². The number of hydrogen-bond acceptors (Lipinski definition) is 9. The third-order valence-electron chi connectivity index (χ3n) is 4.72. The lowest BCUT2D eigenvalue weighted by Crippen LogP contribution is -2.43. The molecule has 0 heterocycles. The summed E-state index contributed by atoms with van der Waals surface area (Å²) < 4.78 is 109. The molecular formula is C24H41F10N7O8. The minimum Gasteiger partial charge on any atom is -0.475 e. The van der Waals surface area contributed by atoms with E-state index in [-0.39, 0.29) is 6.04 Å². The molecule has 0 saturated heterocycles. The van der Waals surface area contributed by atoms with Crippen molar-refractivity contribution in [3.63, 3.8) is 0 Å². The van der Waals surface area contributed by atoms with Crippen LogP contribution in [0.25, 0.3) is 0 Å². The number of aliphatic imine (C=N–C) groups is 1. The van der Waals surface area contributed by atoms with Crippen molar-refractivity contribution in [2.24, 2.45) is 16.6 Å². The molecule has 25 heteroatoms. The molecule has 0 aromatic carbocycles. The summed E-state index contributed by atoms with van der Waals surface area (Å²) in [5.41, 5.74) is 7.97. The van der Waals surface area contributed by atoms with E-state index in [0.29, 0.717) is 19.6 Å². The van der Waals surface area contributed by atoms with E-state index in [2.05, 4.69) is 26.4 Å². The Balaban J connectivity index is -0.000000386. The van der Waals surface area contributed by atoms with Crippen LogP contribution in [0.4, 0.5) is 43.9 Å². The summed E-state index contributed by atoms with van der Waals surface area (Å²) in [5.74, 6) is -4.99. The normalized spacial score (nSPS) is 12.4. The second-order valence-corrected chi connectivity index (χ2v) is 9.19. The molecule has 2 atom stereocenters. The molecule has 0 aliphatic carbocycles. The van der Waals surface area contributed by atoms with Gasteiger partial charge in [0.1, 0.15) is 0 Å². The van der Waals surface area contributed by atoms with Crippen LogP contribution < -0.4 is 33.0 Å². The van der Waals surface area contributed by atoms with Crippen molar-refractivity contribution in [3.05, 3.63) is 0 Å². The van der Waals surface area contributed by atoms with Gasteiger partial charge < -0.3 is 42.4 Å². The zero-order valence-electron chi connectivity index (χ0n) is 26.0. The van der Waals surface area contributed by atoms with Gasteiger partial charge >= 0.3 is 36.4 Å². The molecule has 0 radical (unpaired) electrons. The molecule has 0 rings (SSSR count). The molecule has 0 bridgehead atoms. The van der Waals surface area contributed by atoms with E-state index in [9.17, 15) is 53.5 Å². The fraction of sp³-hybridized carbons (Fsp3) is 0.750. The molecule has 290 valence electrons. The number of carbonyl (C=O) groups is 5. The van der Waals surface area contributed by atoms with Crippen LogP contribution in [0, 0.1) is 0 Å². The number of amides is 2. The topological polar surface area (TPSA) is 259 Å². The fourth-order valence-electron chi connectivity index (χ4n) is 2.35. The molecule has 15 nitrogen and oxygen atoms in total. The maximum absolute atomic E-state index is 13.8. The second-order valence-electron chi connectivity index (χ2n) is 9.19. The number of nitrogens with two attached hydrogens (primary N) is 2. The van der Waals surface area contributed by atoms with Gasteiger partial charge in [0.15, 0.2) is 0 Å². The minimum atomic E-state index is -5.08. The van der Waals surface area contributed by atoms with Gasteiger partial charge in [0.2, 0.25) is 0 Å². The predicted octanol–water partition coefficient (Wildman–Crippen LogP) is 1.62. The highest BCUT2D eigenvalue weighted by molar-refractivity contribution is 6.03. The van der Waals surface area contributed by atoms with Gasteiger partial charge in [-0.1, -0.05) is 12.8 Å². The van der Waals surface area contributed by atoms with E-state index >= 15 is 0 Å². The molecule has 0 aromatic heterocycles. The van der Waals surface area contributed by atoms with Gasteiger partial charge in [-0.25, -0.2) is 24.6 Å². The van der Waals surface area contributed by atoms with Crippen molar-refractivity contribution in [1.29, 1.82) is 0 Å². The molecule has 0 saturated carbocycles. The Kier molecular flexibility index (Phi) is 30.6. The highest BCUT2D eigenvalue weighted by Crippen LogP contribution is 2.14. The number of hydrogen-bond donors (Lipinski definition) is 9. The lowest BCUT2D eigenvalue weighted by molar-refractivity contribution is -0.193. The highest BCUT2D eigenvalue weighted by atomic mass is 19.4. The van der Waals surface area contributed by atoms with Crippen molar-refractivity contribution < 1.29 is 83.2 Å². The van der Waals surface area contributed by atoms with E-state index in [1.165, 1.54) is 6.34 Å². The fourth-order valence-corrected chi connectivity index (χ4v) is 2.35. The minimum absolute atomic E-state index is 0.179. The van der Waals surface area contributed by atoms with Gasteiger partial charge in [-0.3, -0.25) is 14.6 Å². The lowest BCUT2D eigenvalue weighted by Gasteiger charge is -2.11. The second kappa shape index (κ2) is 29.0. The number of rotatable bonds is 18. The molecule has 2 amide bonds. The maximum Gasteiger partial charge on any atom is 0.490 e. The summed E-state index contributed by atoms with van der Waals surface area (Å²) >= 11 is 0. The van der Waals surface area contributed by atoms with Crippen molar-refractivity contribution in [1.82, 2.24) is 21.4 Å². The standard InChI is InChI=1S/C18H38FN7O2.3C2HF3O2/c1-15(20)8-13-22-9-6-7-12-25-18(28)16(19)17(27)24-11-5-3-2-4-10-23-14-26-21;3*3-2(4,5)1(6)7/h14-16,22H,2-13,20-21H2,1H3,(H,23,26)(H,24,27)(H,25,28);3*(H,6,7). The van der Waals surface area contributed by atoms with Gasteiger partial charge in [-0.15, -0.1) is 0 Å². The van der Waals surface area contributed by atoms with E-state index in [1.807, 2.05) is 6.92 Å². The third-order valence-corrected chi connectivity index (χ3v) is 4.72. The summed E-state index contributed by atoms with van der Waals surface area (Å²) in [6.45, 7) is 5.03. The van der Waals surface area contributed by atoms with E-state index in [4.69, 9.17) is 41.3 Å². The van der Waals surface area contributed by atoms with Crippen molar-refractivity contribution in [2.75, 3.05) is 32.7 Å². The highest BCUT2D eigenvalue weighted by Gasteiger charge is 2.39. The number of aliphatic carboxylic acids is 3. The number of halogens is 10. The smallest absolute Gasteiger partial charge is 0.475 e. The van der Waals surface area contributed by atoms with Gasteiger partial charge in [0, 0.05) is 25.7 Å². The van der Waals surface area contributed by atoms with Crippen molar-refractivity contribution in [3.8, 4) is 0 Å². The molecule has 49 heavy (non-hydrogen) atoms. The maximum atomic E-state index is 13.8. The van der Waals surface area contributed by atoms with Gasteiger partial charge in [0.25, 0.3) is 18.0 Å². The molecule has 0 fully saturated rings. The number of nitrogens with zero attached hydrogens (tertiary/aromatic N) is 1. The average Bonchev–Trinajstić information content (AvgIpc) is 2.96. The molecule has 0 aromatic rings. The number of carboxylic acid groups (broad SMARTS) is 3. The number of unbranched alkanes of at least 4 members (excludes halogenated alkanes) is 4. The van der Waals surface area contributed by atoms with Crippen LogP contribution in [0.1, 0.15) is 51.9 Å².